The summed E-state index contributed by atoms with van der Waals surface area (Å²) in [5.74, 6) is 0. The molecule has 2 N–H and O–H groups in total. The van der Waals surface area contributed by atoms with E-state index in [1.54, 1.807) is 0 Å². The van der Waals surface area contributed by atoms with Crippen molar-refractivity contribution in [3.05, 3.63) is 0 Å². The molecule has 2 saturated heterocycles. The highest BCUT2D eigenvalue weighted by Crippen LogP contribution is 2.14. The van der Waals surface area contributed by atoms with Crippen molar-refractivity contribution in [1.29, 1.82) is 0 Å². The van der Waals surface area contributed by atoms with Gasteiger partial charge >= 0.3 is 0 Å². The SMILES string of the molecule is Cl.O=S(=O)(NCC[C@H]1CCCN1)C1CCCOC1. The van der Waals surface area contributed by atoms with Crippen LogP contribution in [-0.2, 0) is 14.8 Å². The molecular weight excluding hydrogens is 276 g/mol. The van der Waals surface area contributed by atoms with Crippen molar-refractivity contribution in [2.75, 3.05) is 26.3 Å². The molecule has 0 bridgehead atoms. The summed E-state index contributed by atoms with van der Waals surface area (Å²) in [4.78, 5) is 0. The van der Waals surface area contributed by atoms with Crippen molar-refractivity contribution >= 4 is 22.4 Å². The molecule has 108 valence electrons. The van der Waals surface area contributed by atoms with Gasteiger partial charge in [-0.2, -0.15) is 0 Å². The average Bonchev–Trinajstić information content (AvgIpc) is 2.83. The molecule has 0 radical (unpaired) electrons. The highest BCUT2D eigenvalue weighted by atomic mass is 35.5. The molecule has 2 aliphatic rings. The summed E-state index contributed by atoms with van der Waals surface area (Å²) in [6.45, 7) is 2.64. The van der Waals surface area contributed by atoms with E-state index in [4.69, 9.17) is 4.74 Å². The molecule has 0 aromatic rings. The van der Waals surface area contributed by atoms with Gasteiger partial charge in [0.05, 0.1) is 11.9 Å². The van der Waals surface area contributed by atoms with E-state index >= 15 is 0 Å². The van der Waals surface area contributed by atoms with Gasteiger partial charge in [0.25, 0.3) is 0 Å². The van der Waals surface area contributed by atoms with E-state index in [0.29, 0.717) is 25.8 Å². The Balaban J connectivity index is 0.00000162. The fourth-order valence-corrected chi connectivity index (χ4v) is 3.84. The second kappa shape index (κ2) is 7.65. The monoisotopic (exact) mass is 298 g/mol. The molecule has 0 saturated carbocycles. The minimum atomic E-state index is -3.18. The largest absolute Gasteiger partial charge is 0.380 e. The standard InChI is InChI=1S/C11H22N2O3S.ClH/c14-17(15,11-4-2-8-16-9-11)13-7-5-10-3-1-6-12-10;/h10-13H,1-9H2;1H/t10-,11?;/m1./s1. The molecule has 2 rings (SSSR count). The lowest BCUT2D eigenvalue weighted by molar-refractivity contribution is 0.0988. The van der Waals surface area contributed by atoms with Crippen molar-refractivity contribution in [1.82, 2.24) is 10.0 Å². The summed E-state index contributed by atoms with van der Waals surface area (Å²) in [5, 5.41) is 3.01. The van der Waals surface area contributed by atoms with Crippen molar-refractivity contribution in [3.8, 4) is 0 Å². The van der Waals surface area contributed by atoms with Crippen LogP contribution in [0.3, 0.4) is 0 Å². The van der Waals surface area contributed by atoms with E-state index < -0.39 is 10.0 Å². The Hall–Kier alpha value is 0.120. The number of hydrogen-bond donors (Lipinski definition) is 2. The molecular formula is C11H23ClN2O3S. The topological polar surface area (TPSA) is 67.4 Å². The van der Waals surface area contributed by atoms with Crippen LogP contribution in [0.25, 0.3) is 0 Å². The lowest BCUT2D eigenvalue weighted by atomic mass is 10.2. The third kappa shape index (κ3) is 4.66. The Bertz CT molecular complexity index is 325. The van der Waals surface area contributed by atoms with Crippen LogP contribution < -0.4 is 10.0 Å². The van der Waals surface area contributed by atoms with Gasteiger partial charge in [0, 0.05) is 19.2 Å². The number of ether oxygens (including phenoxy) is 1. The highest BCUT2D eigenvalue weighted by Gasteiger charge is 2.27. The molecule has 7 heteroatoms. The smallest absolute Gasteiger partial charge is 0.216 e. The van der Waals surface area contributed by atoms with Gasteiger partial charge in [0.15, 0.2) is 0 Å². The Morgan fingerprint density at radius 3 is 2.72 bits per heavy atom. The third-order valence-electron chi connectivity index (χ3n) is 3.52. The molecule has 0 amide bonds. The molecule has 18 heavy (non-hydrogen) atoms. The first-order chi connectivity index (χ1) is 8.18. The van der Waals surface area contributed by atoms with Crippen LogP contribution in [0.4, 0.5) is 0 Å². The minimum absolute atomic E-state index is 0. The fourth-order valence-electron chi connectivity index (χ4n) is 2.45. The molecule has 1 unspecified atom stereocenters. The first-order valence-corrected chi connectivity index (χ1v) is 8.03. The minimum Gasteiger partial charge on any atom is -0.380 e. The maximum atomic E-state index is 11.9. The second-order valence-electron chi connectivity index (χ2n) is 4.86. The van der Waals surface area contributed by atoms with E-state index in [1.165, 1.54) is 6.42 Å². The van der Waals surface area contributed by atoms with Crippen LogP contribution in [0.15, 0.2) is 0 Å². The average molecular weight is 299 g/mol. The molecule has 5 nitrogen and oxygen atoms in total. The first-order valence-electron chi connectivity index (χ1n) is 6.48. The molecule has 2 fully saturated rings. The molecule has 2 aliphatic heterocycles. The Kier molecular flexibility index (Phi) is 6.87. The number of sulfonamides is 1. The van der Waals surface area contributed by atoms with Crippen LogP contribution in [0.2, 0.25) is 0 Å². The number of nitrogens with one attached hydrogen (secondary N) is 2. The Morgan fingerprint density at radius 1 is 1.28 bits per heavy atom. The molecule has 2 heterocycles. The summed E-state index contributed by atoms with van der Waals surface area (Å²) in [6, 6.07) is 0.486. The molecule has 0 spiro atoms. The lowest BCUT2D eigenvalue weighted by Gasteiger charge is -2.22. The van der Waals surface area contributed by atoms with Gasteiger partial charge in [-0.3, -0.25) is 0 Å². The summed E-state index contributed by atoms with van der Waals surface area (Å²) < 4.78 is 31.8. The maximum Gasteiger partial charge on any atom is 0.216 e. The normalized spacial score (nSPS) is 28.9. The van der Waals surface area contributed by atoms with Gasteiger partial charge in [-0.15, -0.1) is 12.4 Å². The van der Waals surface area contributed by atoms with Crippen molar-refractivity contribution in [2.24, 2.45) is 0 Å². The Labute approximate surface area is 116 Å². The lowest BCUT2D eigenvalue weighted by Crippen LogP contribution is -2.40. The Morgan fingerprint density at radius 2 is 2.11 bits per heavy atom. The van der Waals surface area contributed by atoms with Crippen molar-refractivity contribution in [2.45, 2.75) is 43.4 Å². The molecule has 2 atom stereocenters. The summed E-state index contributed by atoms with van der Waals surface area (Å²) in [6.07, 6.45) is 4.81. The summed E-state index contributed by atoms with van der Waals surface area (Å²) in [7, 11) is -3.18. The van der Waals surface area contributed by atoms with E-state index in [2.05, 4.69) is 10.0 Å². The third-order valence-corrected chi connectivity index (χ3v) is 5.37. The fraction of sp³-hybridized carbons (Fsp3) is 1.00. The van der Waals surface area contributed by atoms with Crippen molar-refractivity contribution in [3.63, 3.8) is 0 Å². The predicted molar refractivity (Wildman–Crippen MR) is 73.7 cm³/mol. The van der Waals surface area contributed by atoms with Crippen LogP contribution in [0, 0.1) is 0 Å². The van der Waals surface area contributed by atoms with Crippen LogP contribution in [0.5, 0.6) is 0 Å². The first kappa shape index (κ1) is 16.2. The number of rotatable bonds is 5. The second-order valence-corrected chi connectivity index (χ2v) is 6.91. The van der Waals surface area contributed by atoms with E-state index in [9.17, 15) is 8.42 Å². The zero-order chi connectivity index (χ0) is 12.1. The predicted octanol–water partition coefficient (Wildman–Crippen LogP) is 0.649. The van der Waals surface area contributed by atoms with Gasteiger partial charge in [0.2, 0.25) is 10.0 Å². The number of hydrogen-bond acceptors (Lipinski definition) is 4. The van der Waals surface area contributed by atoms with Gasteiger partial charge in [-0.25, -0.2) is 13.1 Å². The zero-order valence-electron chi connectivity index (χ0n) is 10.6. The highest BCUT2D eigenvalue weighted by molar-refractivity contribution is 7.90. The van der Waals surface area contributed by atoms with E-state index in [1.807, 2.05) is 0 Å². The molecule has 0 aliphatic carbocycles. The van der Waals surface area contributed by atoms with Gasteiger partial charge < -0.3 is 10.1 Å². The molecule has 0 aromatic heterocycles. The van der Waals surface area contributed by atoms with E-state index in [0.717, 1.165) is 32.2 Å². The van der Waals surface area contributed by atoms with Crippen LogP contribution in [0.1, 0.15) is 32.1 Å². The number of halogens is 1. The summed E-state index contributed by atoms with van der Waals surface area (Å²) in [5.41, 5.74) is 0. The van der Waals surface area contributed by atoms with Gasteiger partial charge in [0.1, 0.15) is 0 Å². The van der Waals surface area contributed by atoms with Crippen LogP contribution in [-0.4, -0.2) is 46.0 Å². The summed E-state index contributed by atoms with van der Waals surface area (Å²) >= 11 is 0. The van der Waals surface area contributed by atoms with Crippen molar-refractivity contribution < 1.29 is 13.2 Å². The zero-order valence-corrected chi connectivity index (χ0v) is 12.2. The van der Waals surface area contributed by atoms with Gasteiger partial charge in [-0.1, -0.05) is 0 Å². The molecule has 0 aromatic carbocycles. The van der Waals surface area contributed by atoms with Gasteiger partial charge in [-0.05, 0) is 38.6 Å². The van der Waals surface area contributed by atoms with E-state index in [-0.39, 0.29) is 17.7 Å². The maximum absolute atomic E-state index is 11.9. The van der Waals surface area contributed by atoms with Crippen LogP contribution >= 0.6 is 12.4 Å². The quantitative estimate of drug-likeness (QED) is 0.782.